The average molecular weight is 572 g/mol. The Labute approximate surface area is 259 Å². The van der Waals surface area contributed by atoms with Gasteiger partial charge < -0.3 is 0 Å². The predicted octanol–water partition coefficient (Wildman–Crippen LogP) is 10.9. The maximum Gasteiger partial charge on any atom is 0.165 e. The number of benzene rings is 7. The zero-order valence-electron chi connectivity index (χ0n) is 24.3. The van der Waals surface area contributed by atoms with Crippen LogP contribution in [0.4, 0.5) is 0 Å². The van der Waals surface area contributed by atoms with Gasteiger partial charge in [0, 0.05) is 21.7 Å². The van der Waals surface area contributed by atoms with Crippen LogP contribution < -0.4 is 0 Å². The second kappa shape index (κ2) is 9.22. The minimum atomic E-state index is 0.835. The third kappa shape index (κ3) is 3.41. The Morgan fingerprint density at radius 1 is 0.378 bits per heavy atom. The highest BCUT2D eigenvalue weighted by molar-refractivity contribution is 6.32. The lowest BCUT2D eigenvalue weighted by atomic mass is 9.90. The van der Waals surface area contributed by atoms with E-state index in [4.69, 9.17) is 9.97 Å². The summed E-state index contributed by atoms with van der Waals surface area (Å²) in [6.07, 6.45) is 0. The fraction of sp³-hybridized carbons (Fsp3) is 0. The first kappa shape index (κ1) is 24.4. The number of hydrogen-bond acceptors (Lipinski definition) is 2. The molecule has 9 aromatic rings. The van der Waals surface area contributed by atoms with Gasteiger partial charge in [-0.2, -0.15) is 0 Å². The smallest absolute Gasteiger partial charge is 0.165 e. The topological polar surface area (TPSA) is 30.7 Å². The van der Waals surface area contributed by atoms with Gasteiger partial charge in [0.1, 0.15) is 5.69 Å². The minimum absolute atomic E-state index is 0.835. The van der Waals surface area contributed by atoms with Crippen molar-refractivity contribution in [3.63, 3.8) is 0 Å². The number of rotatable bonds is 3. The molecule has 3 heteroatoms. The van der Waals surface area contributed by atoms with E-state index in [0.29, 0.717) is 0 Å². The number of para-hydroxylation sites is 2. The quantitative estimate of drug-likeness (QED) is 0.211. The first-order chi connectivity index (χ1) is 22.3. The van der Waals surface area contributed by atoms with Crippen molar-refractivity contribution in [2.24, 2.45) is 0 Å². The maximum absolute atomic E-state index is 5.39. The summed E-state index contributed by atoms with van der Waals surface area (Å²) < 4.78 is 2.37. The van der Waals surface area contributed by atoms with Crippen molar-refractivity contribution in [3.05, 3.63) is 152 Å². The Balaban J connectivity index is 1.47. The highest BCUT2D eigenvalue weighted by Gasteiger charge is 2.27. The van der Waals surface area contributed by atoms with E-state index in [2.05, 4.69) is 132 Å². The Morgan fingerprint density at radius 2 is 0.956 bits per heavy atom. The molecule has 2 aromatic heterocycles. The van der Waals surface area contributed by atoms with E-state index >= 15 is 0 Å². The molecular weight excluding hydrogens is 546 g/mol. The molecule has 0 atom stereocenters. The van der Waals surface area contributed by atoms with Crippen LogP contribution in [-0.4, -0.2) is 14.5 Å². The fourth-order valence-electron chi connectivity index (χ4n) is 7.43. The summed E-state index contributed by atoms with van der Waals surface area (Å²) in [6, 6.07) is 54.1. The lowest BCUT2D eigenvalue weighted by Crippen LogP contribution is -2.04. The molecule has 0 fully saturated rings. The van der Waals surface area contributed by atoms with Gasteiger partial charge in [0.25, 0.3) is 0 Å². The maximum atomic E-state index is 5.39. The summed E-state index contributed by atoms with van der Waals surface area (Å²) >= 11 is 0. The molecule has 0 spiro atoms. The molecule has 0 unspecified atom stereocenters. The third-order valence-electron chi connectivity index (χ3n) is 9.32. The van der Waals surface area contributed by atoms with E-state index in [1.807, 2.05) is 24.3 Å². The van der Waals surface area contributed by atoms with Crippen molar-refractivity contribution < 1.29 is 0 Å². The summed E-state index contributed by atoms with van der Waals surface area (Å²) in [6.45, 7) is 0. The van der Waals surface area contributed by atoms with E-state index in [9.17, 15) is 0 Å². The molecule has 45 heavy (non-hydrogen) atoms. The Kier molecular flexibility index (Phi) is 5.00. The summed E-state index contributed by atoms with van der Waals surface area (Å²) in [5.41, 5.74) is 13.3. The van der Waals surface area contributed by atoms with Crippen LogP contribution in [-0.2, 0) is 0 Å². The molecule has 0 radical (unpaired) electrons. The highest BCUT2D eigenvalue weighted by Crippen LogP contribution is 2.51. The Hall–Kier alpha value is -6.06. The first-order valence-corrected chi connectivity index (χ1v) is 15.4. The zero-order chi connectivity index (χ0) is 29.5. The van der Waals surface area contributed by atoms with Crippen molar-refractivity contribution >= 4 is 43.6 Å². The van der Waals surface area contributed by atoms with Gasteiger partial charge in [0.05, 0.1) is 22.1 Å². The number of hydrogen-bond donors (Lipinski definition) is 0. The monoisotopic (exact) mass is 571 g/mol. The summed E-state index contributed by atoms with van der Waals surface area (Å²) in [5.74, 6) is 0.835. The molecule has 0 saturated heterocycles. The average Bonchev–Trinajstić information content (AvgIpc) is 3.38. The third-order valence-corrected chi connectivity index (χ3v) is 9.32. The number of nitrogens with zero attached hydrogens (tertiary/aromatic N) is 3. The second-order valence-electron chi connectivity index (χ2n) is 11.7. The molecule has 2 heterocycles. The van der Waals surface area contributed by atoms with E-state index < -0.39 is 0 Å². The second-order valence-corrected chi connectivity index (χ2v) is 11.7. The van der Waals surface area contributed by atoms with Crippen molar-refractivity contribution in [2.75, 3.05) is 0 Å². The lowest BCUT2D eigenvalue weighted by molar-refractivity contribution is 1.08. The highest BCUT2D eigenvalue weighted by atomic mass is 15.1. The zero-order valence-corrected chi connectivity index (χ0v) is 24.3. The first-order valence-electron chi connectivity index (χ1n) is 15.4. The van der Waals surface area contributed by atoms with Gasteiger partial charge in [-0.25, -0.2) is 9.97 Å². The molecule has 1 aliphatic rings. The van der Waals surface area contributed by atoms with Crippen LogP contribution in [0.25, 0.3) is 94.1 Å². The van der Waals surface area contributed by atoms with E-state index in [0.717, 1.165) is 39.1 Å². The molecule has 7 aromatic carbocycles. The van der Waals surface area contributed by atoms with E-state index in [1.54, 1.807) is 0 Å². The molecule has 208 valence electrons. The summed E-state index contributed by atoms with van der Waals surface area (Å²) in [7, 11) is 0. The summed E-state index contributed by atoms with van der Waals surface area (Å²) in [5, 5.41) is 5.05. The lowest BCUT2D eigenvalue weighted by Gasteiger charge is -2.17. The molecule has 0 saturated carbocycles. The van der Waals surface area contributed by atoms with Gasteiger partial charge >= 0.3 is 0 Å². The van der Waals surface area contributed by atoms with Crippen LogP contribution in [0.2, 0.25) is 0 Å². The normalized spacial score (nSPS) is 12.0. The van der Waals surface area contributed by atoms with E-state index in [1.165, 1.54) is 54.9 Å². The molecule has 0 aliphatic heterocycles. The van der Waals surface area contributed by atoms with Crippen molar-refractivity contribution in [1.82, 2.24) is 14.5 Å². The standard InChI is InChI=1S/C42H25N3/c1-3-13-26(14-4-1)33-25-37-40-38-30(19-11-20-32(33)38)28-17-7-8-18-29(28)31-21-12-24-36(39(31)40)45(37)42-41(27-15-5-2-6-16-27)43-34-22-9-10-23-35(34)44-42/h1-25H. The van der Waals surface area contributed by atoms with Crippen molar-refractivity contribution in [1.29, 1.82) is 0 Å². The number of fused-ring (bicyclic) bond motifs is 4. The van der Waals surface area contributed by atoms with E-state index in [-0.39, 0.29) is 0 Å². The van der Waals surface area contributed by atoms with Crippen molar-refractivity contribution in [3.8, 4) is 50.5 Å². The van der Waals surface area contributed by atoms with Gasteiger partial charge in [-0.3, -0.25) is 4.57 Å². The number of aromatic nitrogens is 3. The van der Waals surface area contributed by atoms with Crippen LogP contribution in [0.1, 0.15) is 0 Å². The van der Waals surface area contributed by atoms with Crippen LogP contribution in [0, 0.1) is 0 Å². The Bertz CT molecular complexity index is 2630. The van der Waals surface area contributed by atoms with Gasteiger partial charge in [0.15, 0.2) is 5.82 Å². The van der Waals surface area contributed by atoms with Crippen LogP contribution in [0.15, 0.2) is 152 Å². The fourth-order valence-corrected chi connectivity index (χ4v) is 7.43. The summed E-state index contributed by atoms with van der Waals surface area (Å²) in [4.78, 5) is 10.7. The molecule has 0 N–H and O–H groups in total. The molecular formula is C42H25N3. The largest absolute Gasteiger partial charge is 0.292 e. The van der Waals surface area contributed by atoms with Crippen LogP contribution in [0.3, 0.4) is 0 Å². The van der Waals surface area contributed by atoms with Crippen LogP contribution in [0.5, 0.6) is 0 Å². The van der Waals surface area contributed by atoms with Gasteiger partial charge in [0.2, 0.25) is 0 Å². The Morgan fingerprint density at radius 3 is 1.69 bits per heavy atom. The van der Waals surface area contributed by atoms with Crippen molar-refractivity contribution in [2.45, 2.75) is 0 Å². The van der Waals surface area contributed by atoms with Gasteiger partial charge in [-0.15, -0.1) is 0 Å². The van der Waals surface area contributed by atoms with Gasteiger partial charge in [-0.1, -0.05) is 127 Å². The molecule has 0 amide bonds. The predicted molar refractivity (Wildman–Crippen MR) is 187 cm³/mol. The molecule has 3 nitrogen and oxygen atoms in total. The molecule has 1 aliphatic carbocycles. The minimum Gasteiger partial charge on any atom is -0.292 e. The SMILES string of the molecule is c1ccc(-c2nc3ccccc3nc2-n2c3cccc4c3c3c5c(cccc5c(-c5ccccc5)cc32)-c2ccccc2-4)cc1. The molecule has 10 rings (SSSR count). The van der Waals surface area contributed by atoms with Gasteiger partial charge in [-0.05, 0) is 63.0 Å². The van der Waals surface area contributed by atoms with Crippen LogP contribution >= 0.6 is 0 Å². The molecule has 0 bridgehead atoms.